The molecule has 0 saturated carbocycles. The summed E-state index contributed by atoms with van der Waals surface area (Å²) in [5, 5.41) is 3.21. The normalized spacial score (nSPS) is 10.3. The summed E-state index contributed by atoms with van der Waals surface area (Å²) >= 11 is 5.82. The molecule has 142 valence electrons. The Morgan fingerprint density at radius 2 is 1.68 bits per heavy atom. The smallest absolute Gasteiger partial charge is 0.340 e. The number of anilines is 2. The van der Waals surface area contributed by atoms with Crippen molar-refractivity contribution in [3.8, 4) is 0 Å². The zero-order chi connectivity index (χ0) is 19.9. The number of rotatable bonds is 6. The van der Waals surface area contributed by atoms with Gasteiger partial charge in [-0.3, -0.25) is 4.79 Å². The van der Waals surface area contributed by atoms with Gasteiger partial charge in [0.2, 0.25) is 0 Å². The fourth-order valence-corrected chi connectivity index (χ4v) is 2.91. The van der Waals surface area contributed by atoms with E-state index in [0.717, 1.165) is 11.1 Å². The molecule has 0 unspecified atom stereocenters. The van der Waals surface area contributed by atoms with Crippen molar-refractivity contribution in [3.63, 3.8) is 0 Å². The molecule has 0 radical (unpaired) electrons. The van der Waals surface area contributed by atoms with Crippen LogP contribution in [0.4, 0.5) is 11.4 Å². The highest BCUT2D eigenvalue weighted by molar-refractivity contribution is 6.31. The Kier molecular flexibility index (Phi) is 6.29. The second kappa shape index (κ2) is 9.06. The summed E-state index contributed by atoms with van der Waals surface area (Å²) in [4.78, 5) is 24.4. The molecule has 3 aromatic carbocycles. The number of nitrogens with two attached hydrogens (primary N) is 1. The van der Waals surface area contributed by atoms with Gasteiger partial charge in [-0.1, -0.05) is 60.1 Å². The molecule has 3 N–H and O–H groups in total. The van der Waals surface area contributed by atoms with Crippen LogP contribution in [0.15, 0.2) is 72.8 Å². The maximum absolute atomic E-state index is 12.3. The molecule has 0 saturated heterocycles. The van der Waals surface area contributed by atoms with Gasteiger partial charge < -0.3 is 15.8 Å². The first kappa shape index (κ1) is 19.5. The maximum Gasteiger partial charge on any atom is 0.340 e. The van der Waals surface area contributed by atoms with Crippen molar-refractivity contribution >= 4 is 34.9 Å². The van der Waals surface area contributed by atoms with Crippen molar-refractivity contribution in [2.24, 2.45) is 0 Å². The van der Waals surface area contributed by atoms with Gasteiger partial charge in [-0.05, 0) is 41.8 Å². The first-order valence-corrected chi connectivity index (χ1v) is 9.04. The maximum atomic E-state index is 12.3. The number of nitrogen functional groups attached to an aromatic ring is 1. The van der Waals surface area contributed by atoms with E-state index in [0.29, 0.717) is 17.1 Å². The Hall–Kier alpha value is -3.31. The zero-order valence-electron chi connectivity index (χ0n) is 15.0. The lowest BCUT2D eigenvalue weighted by atomic mass is 10.0. The second-order valence-electron chi connectivity index (χ2n) is 6.18. The lowest BCUT2D eigenvalue weighted by molar-refractivity contribution is -0.119. The second-order valence-corrected chi connectivity index (χ2v) is 6.61. The predicted molar refractivity (Wildman–Crippen MR) is 110 cm³/mol. The molecular weight excluding hydrogens is 376 g/mol. The van der Waals surface area contributed by atoms with Gasteiger partial charge in [-0.2, -0.15) is 0 Å². The number of halogens is 1. The molecule has 5 nitrogen and oxygen atoms in total. The topological polar surface area (TPSA) is 81.4 Å². The van der Waals surface area contributed by atoms with Crippen LogP contribution in [0, 0.1) is 0 Å². The lowest BCUT2D eigenvalue weighted by Crippen LogP contribution is -2.22. The van der Waals surface area contributed by atoms with Gasteiger partial charge in [0.25, 0.3) is 5.91 Å². The fourth-order valence-electron chi connectivity index (χ4n) is 2.73. The molecule has 1 amide bonds. The number of ether oxygens (including phenoxy) is 1. The van der Waals surface area contributed by atoms with Crippen LogP contribution in [0.3, 0.4) is 0 Å². The summed E-state index contributed by atoms with van der Waals surface area (Å²) in [6.07, 6.45) is 0.679. The minimum Gasteiger partial charge on any atom is -0.452 e. The van der Waals surface area contributed by atoms with Gasteiger partial charge >= 0.3 is 5.97 Å². The van der Waals surface area contributed by atoms with E-state index >= 15 is 0 Å². The molecule has 0 aliphatic carbocycles. The lowest BCUT2D eigenvalue weighted by Gasteiger charge is -2.12. The van der Waals surface area contributed by atoms with Crippen LogP contribution in [-0.4, -0.2) is 18.5 Å². The monoisotopic (exact) mass is 394 g/mol. The first-order chi connectivity index (χ1) is 13.5. The van der Waals surface area contributed by atoms with E-state index in [-0.39, 0.29) is 11.3 Å². The van der Waals surface area contributed by atoms with Crippen LogP contribution in [-0.2, 0) is 16.0 Å². The molecule has 6 heteroatoms. The molecule has 0 atom stereocenters. The average molecular weight is 395 g/mol. The third-order valence-corrected chi connectivity index (χ3v) is 4.33. The highest BCUT2D eigenvalue weighted by Crippen LogP contribution is 2.20. The number of amides is 1. The summed E-state index contributed by atoms with van der Waals surface area (Å²) in [6.45, 7) is -0.416. The van der Waals surface area contributed by atoms with Crippen molar-refractivity contribution in [3.05, 3.63) is 94.5 Å². The molecule has 0 aliphatic rings. The zero-order valence-corrected chi connectivity index (χ0v) is 15.8. The number of nitrogens with one attached hydrogen (secondary N) is 1. The van der Waals surface area contributed by atoms with Gasteiger partial charge in [-0.25, -0.2) is 4.79 Å². The van der Waals surface area contributed by atoms with E-state index < -0.39 is 18.5 Å². The number of carbonyl (C=O) groups is 2. The summed E-state index contributed by atoms with van der Waals surface area (Å²) in [5.74, 6) is -1.11. The largest absolute Gasteiger partial charge is 0.452 e. The quantitative estimate of drug-likeness (QED) is 0.482. The average Bonchev–Trinajstić information content (AvgIpc) is 2.68. The number of para-hydroxylation sites is 1. The fraction of sp³-hybridized carbons (Fsp3) is 0.0909. The Bertz CT molecular complexity index is 990. The van der Waals surface area contributed by atoms with Crippen LogP contribution in [0.2, 0.25) is 5.02 Å². The van der Waals surface area contributed by atoms with Crippen LogP contribution in [0.5, 0.6) is 0 Å². The van der Waals surface area contributed by atoms with Crippen molar-refractivity contribution in [2.45, 2.75) is 6.42 Å². The predicted octanol–water partition coefficient (Wildman–Crippen LogP) is 4.31. The van der Waals surface area contributed by atoms with E-state index in [1.54, 1.807) is 0 Å². The minimum atomic E-state index is -0.679. The van der Waals surface area contributed by atoms with Crippen molar-refractivity contribution in [1.82, 2.24) is 0 Å². The van der Waals surface area contributed by atoms with Gasteiger partial charge in [0.1, 0.15) is 0 Å². The van der Waals surface area contributed by atoms with E-state index in [1.807, 2.05) is 54.6 Å². The van der Waals surface area contributed by atoms with Gasteiger partial charge in [0, 0.05) is 16.4 Å². The van der Waals surface area contributed by atoms with Crippen LogP contribution in [0.1, 0.15) is 21.5 Å². The molecule has 0 heterocycles. The van der Waals surface area contributed by atoms with Crippen LogP contribution in [0.25, 0.3) is 0 Å². The number of benzene rings is 3. The van der Waals surface area contributed by atoms with E-state index in [2.05, 4.69) is 5.32 Å². The molecule has 0 spiro atoms. The van der Waals surface area contributed by atoms with Crippen LogP contribution >= 0.6 is 11.6 Å². The summed E-state index contributed by atoms with van der Waals surface area (Å²) in [7, 11) is 0. The Morgan fingerprint density at radius 3 is 2.43 bits per heavy atom. The van der Waals surface area contributed by atoms with Crippen molar-refractivity contribution in [2.75, 3.05) is 17.7 Å². The van der Waals surface area contributed by atoms with Gasteiger partial charge in [-0.15, -0.1) is 0 Å². The van der Waals surface area contributed by atoms with E-state index in [9.17, 15) is 9.59 Å². The number of hydrogen-bond donors (Lipinski definition) is 2. The summed E-state index contributed by atoms with van der Waals surface area (Å²) < 4.78 is 5.07. The number of esters is 1. The molecule has 0 bridgehead atoms. The SMILES string of the molecule is Nc1cc(Cl)ccc1C(=O)OCC(=O)Nc1ccccc1Cc1ccccc1. The molecule has 3 aromatic rings. The molecule has 28 heavy (non-hydrogen) atoms. The van der Waals surface area contributed by atoms with E-state index in [4.69, 9.17) is 22.1 Å². The van der Waals surface area contributed by atoms with Gasteiger partial charge in [0.05, 0.1) is 5.56 Å². The Labute approximate surface area is 168 Å². The number of hydrogen-bond acceptors (Lipinski definition) is 4. The first-order valence-electron chi connectivity index (χ1n) is 8.67. The summed E-state index contributed by atoms with van der Waals surface area (Å²) in [5.41, 5.74) is 8.91. The standard InChI is InChI=1S/C22H19ClN2O3/c23-17-10-11-18(19(24)13-17)22(27)28-14-21(26)25-20-9-5-4-8-16(20)12-15-6-2-1-3-7-15/h1-11,13H,12,14,24H2,(H,25,26). The third kappa shape index (κ3) is 5.11. The van der Waals surface area contributed by atoms with Crippen LogP contribution < -0.4 is 11.1 Å². The van der Waals surface area contributed by atoms with Crippen molar-refractivity contribution in [1.29, 1.82) is 0 Å². The minimum absolute atomic E-state index is 0.168. The van der Waals surface area contributed by atoms with Gasteiger partial charge in [0.15, 0.2) is 6.61 Å². The van der Waals surface area contributed by atoms with Crippen molar-refractivity contribution < 1.29 is 14.3 Å². The molecule has 0 fully saturated rings. The summed E-state index contributed by atoms with van der Waals surface area (Å²) in [6, 6.07) is 21.9. The molecule has 0 aliphatic heterocycles. The Balaban J connectivity index is 1.61. The molecule has 0 aromatic heterocycles. The highest BCUT2D eigenvalue weighted by Gasteiger charge is 2.14. The molecular formula is C22H19ClN2O3. The highest BCUT2D eigenvalue weighted by atomic mass is 35.5. The Morgan fingerprint density at radius 1 is 0.964 bits per heavy atom. The third-order valence-electron chi connectivity index (χ3n) is 4.10. The van der Waals surface area contributed by atoms with E-state index in [1.165, 1.54) is 18.2 Å². The number of carbonyl (C=O) groups excluding carboxylic acids is 2. The molecule has 3 rings (SSSR count).